The summed E-state index contributed by atoms with van der Waals surface area (Å²) in [5.41, 5.74) is 0. The fourth-order valence-electron chi connectivity index (χ4n) is 2.17. The van der Waals surface area contributed by atoms with Crippen molar-refractivity contribution in [1.29, 1.82) is 0 Å². The molecule has 0 saturated heterocycles. The van der Waals surface area contributed by atoms with Gasteiger partial charge in [-0.2, -0.15) is 0 Å². The minimum Gasteiger partial charge on any atom is -0.381 e. The lowest BCUT2D eigenvalue weighted by atomic mass is 10.2. The second-order valence-electron chi connectivity index (χ2n) is 5.62. The molecule has 0 bridgehead atoms. The van der Waals surface area contributed by atoms with Gasteiger partial charge in [0, 0.05) is 37.5 Å². The molecule has 2 aromatic heterocycles. The largest absolute Gasteiger partial charge is 0.381 e. The van der Waals surface area contributed by atoms with Crippen LogP contribution in [0.4, 0.5) is 0 Å². The molecule has 0 spiro atoms. The molecule has 1 N–H and O–H groups in total. The van der Waals surface area contributed by atoms with Crippen molar-refractivity contribution in [3.05, 3.63) is 40.6 Å². The van der Waals surface area contributed by atoms with E-state index in [0.717, 1.165) is 32.0 Å². The average molecular weight is 307 g/mol. The molecule has 0 saturated carbocycles. The highest BCUT2D eigenvalue weighted by Crippen LogP contribution is 2.24. The Hall–Kier alpha value is -1.17. The molecule has 0 fully saturated rings. The van der Waals surface area contributed by atoms with E-state index < -0.39 is 0 Å². The second-order valence-corrected chi connectivity index (χ2v) is 6.60. The molecule has 2 aromatic rings. The normalized spacial score (nSPS) is 13.0. The summed E-state index contributed by atoms with van der Waals surface area (Å²) < 4.78 is 7.70. The molecule has 116 valence electrons. The van der Waals surface area contributed by atoms with E-state index in [0.29, 0.717) is 5.92 Å². The van der Waals surface area contributed by atoms with Gasteiger partial charge in [-0.25, -0.2) is 4.98 Å². The second kappa shape index (κ2) is 8.32. The Bertz CT molecular complexity index is 507. The first-order valence-corrected chi connectivity index (χ1v) is 8.38. The smallest absolute Gasteiger partial charge is 0.131 e. The summed E-state index contributed by atoms with van der Waals surface area (Å²) in [5.74, 6) is 1.66. The number of aryl methyl sites for hydroxylation is 1. The van der Waals surface area contributed by atoms with Gasteiger partial charge < -0.3 is 14.6 Å². The minimum absolute atomic E-state index is 0.162. The molecule has 0 aliphatic heterocycles. The summed E-state index contributed by atoms with van der Waals surface area (Å²) in [6, 6.07) is 4.41. The number of nitrogens with zero attached hydrogens (tertiary/aromatic N) is 2. The van der Waals surface area contributed by atoms with Crippen LogP contribution >= 0.6 is 11.3 Å². The van der Waals surface area contributed by atoms with Crippen LogP contribution in [0.25, 0.3) is 0 Å². The molecule has 0 aliphatic carbocycles. The van der Waals surface area contributed by atoms with Gasteiger partial charge in [-0.05, 0) is 30.3 Å². The lowest BCUT2D eigenvalue weighted by Gasteiger charge is -2.17. The van der Waals surface area contributed by atoms with Gasteiger partial charge >= 0.3 is 0 Å². The quantitative estimate of drug-likeness (QED) is 0.723. The minimum atomic E-state index is 0.162. The zero-order valence-electron chi connectivity index (χ0n) is 13.1. The van der Waals surface area contributed by atoms with Gasteiger partial charge in [0.05, 0.1) is 0 Å². The highest BCUT2D eigenvalue weighted by Gasteiger charge is 2.18. The number of rotatable bonds is 9. The number of ether oxygens (including phenoxy) is 1. The topological polar surface area (TPSA) is 39.1 Å². The lowest BCUT2D eigenvalue weighted by Crippen LogP contribution is -2.26. The van der Waals surface area contributed by atoms with Crippen LogP contribution in [0.3, 0.4) is 0 Å². The Morgan fingerprint density at radius 3 is 2.90 bits per heavy atom. The lowest BCUT2D eigenvalue weighted by molar-refractivity contribution is 0.107. The van der Waals surface area contributed by atoms with Crippen LogP contribution in [0, 0.1) is 5.92 Å². The van der Waals surface area contributed by atoms with Crippen molar-refractivity contribution < 1.29 is 4.74 Å². The predicted octanol–water partition coefficient (Wildman–Crippen LogP) is 3.22. The average Bonchev–Trinajstić information content (AvgIpc) is 3.10. The van der Waals surface area contributed by atoms with Crippen molar-refractivity contribution in [2.45, 2.75) is 26.3 Å². The van der Waals surface area contributed by atoms with Crippen molar-refractivity contribution in [3.63, 3.8) is 0 Å². The molecule has 21 heavy (non-hydrogen) atoms. The Morgan fingerprint density at radius 2 is 2.29 bits per heavy atom. The molecule has 2 heterocycles. The van der Waals surface area contributed by atoms with Crippen LogP contribution in [0.1, 0.15) is 37.0 Å². The third kappa shape index (κ3) is 4.95. The Morgan fingerprint density at radius 1 is 1.43 bits per heavy atom. The van der Waals surface area contributed by atoms with Crippen LogP contribution in [-0.2, 0) is 11.8 Å². The fourth-order valence-corrected chi connectivity index (χ4v) is 2.97. The van der Waals surface area contributed by atoms with Crippen molar-refractivity contribution in [2.24, 2.45) is 13.0 Å². The van der Waals surface area contributed by atoms with Gasteiger partial charge in [0.25, 0.3) is 0 Å². The van der Waals surface area contributed by atoms with Gasteiger partial charge in [0.2, 0.25) is 0 Å². The maximum absolute atomic E-state index is 5.62. The fraction of sp³-hybridized carbons (Fsp3) is 0.562. The monoisotopic (exact) mass is 307 g/mol. The third-order valence-electron chi connectivity index (χ3n) is 3.21. The van der Waals surface area contributed by atoms with E-state index in [1.165, 1.54) is 4.88 Å². The van der Waals surface area contributed by atoms with Gasteiger partial charge in [-0.1, -0.05) is 19.9 Å². The van der Waals surface area contributed by atoms with Gasteiger partial charge in [-0.15, -0.1) is 11.3 Å². The highest BCUT2D eigenvalue weighted by molar-refractivity contribution is 7.10. The molecular formula is C16H25N3OS. The third-order valence-corrected chi connectivity index (χ3v) is 4.15. The molecule has 0 amide bonds. The van der Waals surface area contributed by atoms with E-state index in [2.05, 4.69) is 46.2 Å². The summed E-state index contributed by atoms with van der Waals surface area (Å²) in [7, 11) is 2.04. The van der Waals surface area contributed by atoms with E-state index in [-0.39, 0.29) is 6.04 Å². The Balaban J connectivity index is 1.85. The SMILES string of the molecule is CC(C)COCCCNC(c1cccs1)c1nccn1C. The van der Waals surface area contributed by atoms with Crippen LogP contribution in [0.15, 0.2) is 29.9 Å². The first-order valence-electron chi connectivity index (χ1n) is 7.50. The van der Waals surface area contributed by atoms with Crippen molar-refractivity contribution in [2.75, 3.05) is 19.8 Å². The number of aromatic nitrogens is 2. The van der Waals surface area contributed by atoms with E-state index in [9.17, 15) is 0 Å². The first-order chi connectivity index (χ1) is 10.2. The van der Waals surface area contributed by atoms with Gasteiger partial charge in [0.15, 0.2) is 0 Å². The van der Waals surface area contributed by atoms with Crippen LogP contribution in [-0.4, -0.2) is 29.3 Å². The predicted molar refractivity (Wildman–Crippen MR) is 87.6 cm³/mol. The van der Waals surface area contributed by atoms with Gasteiger partial charge in [0.1, 0.15) is 11.9 Å². The molecule has 4 nitrogen and oxygen atoms in total. The molecule has 1 atom stereocenters. The van der Waals surface area contributed by atoms with Crippen LogP contribution in [0.5, 0.6) is 0 Å². The molecule has 0 aliphatic rings. The molecule has 0 aromatic carbocycles. The Labute approximate surface area is 131 Å². The molecule has 5 heteroatoms. The van der Waals surface area contributed by atoms with Crippen molar-refractivity contribution >= 4 is 11.3 Å². The van der Waals surface area contributed by atoms with E-state index in [1.54, 1.807) is 11.3 Å². The summed E-state index contributed by atoms with van der Waals surface area (Å²) in [4.78, 5) is 5.78. The number of hydrogen-bond acceptors (Lipinski definition) is 4. The van der Waals surface area contributed by atoms with Gasteiger partial charge in [-0.3, -0.25) is 0 Å². The number of hydrogen-bond donors (Lipinski definition) is 1. The van der Waals surface area contributed by atoms with E-state index >= 15 is 0 Å². The zero-order valence-corrected chi connectivity index (χ0v) is 13.9. The highest BCUT2D eigenvalue weighted by atomic mass is 32.1. The number of imidazole rings is 1. The van der Waals surface area contributed by atoms with Crippen molar-refractivity contribution in [1.82, 2.24) is 14.9 Å². The number of thiophene rings is 1. The summed E-state index contributed by atoms with van der Waals surface area (Å²) in [5, 5.41) is 5.71. The molecule has 0 radical (unpaired) electrons. The zero-order chi connectivity index (χ0) is 15.1. The van der Waals surface area contributed by atoms with E-state index in [1.807, 2.05) is 19.4 Å². The maximum atomic E-state index is 5.62. The maximum Gasteiger partial charge on any atom is 0.131 e. The van der Waals surface area contributed by atoms with E-state index in [4.69, 9.17) is 4.74 Å². The Kier molecular flexibility index (Phi) is 6.42. The summed E-state index contributed by atoms with van der Waals surface area (Å²) >= 11 is 1.76. The molecule has 2 rings (SSSR count). The number of nitrogens with one attached hydrogen (secondary N) is 1. The van der Waals surface area contributed by atoms with Crippen LogP contribution < -0.4 is 5.32 Å². The standard InChI is InChI=1S/C16H25N3OS/c1-13(2)12-20-10-5-7-17-15(14-6-4-11-21-14)16-18-8-9-19(16)3/h4,6,8-9,11,13,15,17H,5,7,10,12H2,1-3H3. The summed E-state index contributed by atoms with van der Waals surface area (Å²) in [6.07, 6.45) is 4.85. The first kappa shape index (κ1) is 16.2. The van der Waals surface area contributed by atoms with Crippen molar-refractivity contribution in [3.8, 4) is 0 Å². The molecule has 1 unspecified atom stereocenters. The molecular weight excluding hydrogens is 282 g/mol. The summed E-state index contributed by atoms with van der Waals surface area (Å²) in [6.45, 7) is 6.92. The van der Waals surface area contributed by atoms with Crippen LogP contribution in [0.2, 0.25) is 0 Å².